The zero-order valence-electron chi connectivity index (χ0n) is 7.37. The molecule has 0 bridgehead atoms. The molecule has 5 N–H and O–H groups in total. The number of benzene rings is 1. The lowest BCUT2D eigenvalue weighted by atomic mass is 10.1. The molecule has 0 amide bonds. The summed E-state index contributed by atoms with van der Waals surface area (Å²) < 4.78 is 0. The number of hydrogen-bond donors (Lipinski definition) is 3. The van der Waals surface area contributed by atoms with Crippen LogP contribution in [0.2, 0.25) is 5.02 Å². The first-order valence-electron chi connectivity index (χ1n) is 3.59. The van der Waals surface area contributed by atoms with Gasteiger partial charge in [-0.25, -0.2) is 0 Å². The molecular formula is C8H13Cl3N2O. The Morgan fingerprint density at radius 1 is 1.14 bits per heavy atom. The first-order chi connectivity index (χ1) is 5.65. The molecule has 0 unspecified atom stereocenters. The van der Waals surface area contributed by atoms with E-state index >= 15 is 0 Å². The molecule has 0 aromatic heterocycles. The van der Waals surface area contributed by atoms with Crippen molar-refractivity contribution in [3.05, 3.63) is 22.7 Å². The van der Waals surface area contributed by atoms with Crippen molar-refractivity contribution in [1.29, 1.82) is 0 Å². The van der Waals surface area contributed by atoms with Crippen LogP contribution in [0.5, 0.6) is 0 Å². The molecule has 0 fully saturated rings. The average molecular weight is 260 g/mol. The minimum absolute atomic E-state index is 0. The minimum atomic E-state index is 0. The first-order valence-corrected chi connectivity index (χ1v) is 3.97. The second-order valence-corrected chi connectivity index (χ2v) is 2.95. The number of aliphatic hydroxyl groups is 1. The fourth-order valence-electron chi connectivity index (χ4n) is 0.989. The smallest absolute Gasteiger partial charge is 0.0656 e. The van der Waals surface area contributed by atoms with E-state index in [1.807, 2.05) is 0 Å². The van der Waals surface area contributed by atoms with Gasteiger partial charge in [0.2, 0.25) is 0 Å². The second kappa shape index (κ2) is 7.01. The molecule has 0 saturated carbocycles. The van der Waals surface area contributed by atoms with Crippen molar-refractivity contribution in [2.45, 2.75) is 6.42 Å². The van der Waals surface area contributed by atoms with E-state index in [-0.39, 0.29) is 31.4 Å². The lowest BCUT2D eigenvalue weighted by molar-refractivity contribution is 0.300. The Morgan fingerprint density at radius 3 is 2.21 bits per heavy atom. The molecule has 1 aromatic rings. The normalized spacial score (nSPS) is 8.71. The van der Waals surface area contributed by atoms with E-state index < -0.39 is 0 Å². The number of halogens is 3. The van der Waals surface area contributed by atoms with Crippen LogP contribution >= 0.6 is 36.4 Å². The molecule has 14 heavy (non-hydrogen) atoms. The predicted octanol–water partition coefficient (Wildman–Crippen LogP) is 1.88. The van der Waals surface area contributed by atoms with Gasteiger partial charge in [0, 0.05) is 12.3 Å². The van der Waals surface area contributed by atoms with Crippen molar-refractivity contribution in [1.82, 2.24) is 0 Å². The van der Waals surface area contributed by atoms with E-state index in [0.717, 1.165) is 5.56 Å². The predicted molar refractivity (Wildman–Crippen MR) is 65.6 cm³/mol. The van der Waals surface area contributed by atoms with Gasteiger partial charge < -0.3 is 16.6 Å². The van der Waals surface area contributed by atoms with Gasteiger partial charge in [0.25, 0.3) is 0 Å². The number of nitrogens with two attached hydrogens (primary N) is 2. The maximum absolute atomic E-state index is 8.67. The van der Waals surface area contributed by atoms with Gasteiger partial charge in [-0.1, -0.05) is 11.6 Å². The van der Waals surface area contributed by atoms with E-state index in [2.05, 4.69) is 0 Å². The molecular weight excluding hydrogens is 246 g/mol. The van der Waals surface area contributed by atoms with Crippen LogP contribution in [0, 0.1) is 0 Å². The Bertz CT molecular complexity index is 294. The largest absolute Gasteiger partial charge is 0.398 e. The van der Waals surface area contributed by atoms with Crippen molar-refractivity contribution in [3.8, 4) is 0 Å². The van der Waals surface area contributed by atoms with Crippen LogP contribution < -0.4 is 11.5 Å². The quantitative estimate of drug-likeness (QED) is 0.710. The molecule has 1 aromatic carbocycles. The van der Waals surface area contributed by atoms with Crippen LogP contribution in [0.25, 0.3) is 0 Å². The third-order valence-corrected chi connectivity index (χ3v) is 1.97. The molecule has 0 heterocycles. The monoisotopic (exact) mass is 258 g/mol. The third-order valence-electron chi connectivity index (χ3n) is 1.64. The van der Waals surface area contributed by atoms with Crippen LogP contribution in [-0.4, -0.2) is 11.7 Å². The number of hydrogen-bond acceptors (Lipinski definition) is 3. The van der Waals surface area contributed by atoms with Gasteiger partial charge in [-0.15, -0.1) is 24.8 Å². The van der Waals surface area contributed by atoms with Gasteiger partial charge in [0.1, 0.15) is 0 Å². The van der Waals surface area contributed by atoms with Crippen molar-refractivity contribution >= 4 is 47.8 Å². The molecule has 0 atom stereocenters. The van der Waals surface area contributed by atoms with Crippen LogP contribution in [0.3, 0.4) is 0 Å². The van der Waals surface area contributed by atoms with Gasteiger partial charge in [-0.05, 0) is 24.1 Å². The maximum atomic E-state index is 8.67. The van der Waals surface area contributed by atoms with Crippen LogP contribution in [0.1, 0.15) is 5.56 Å². The summed E-state index contributed by atoms with van der Waals surface area (Å²) in [5.74, 6) is 0. The first kappa shape index (κ1) is 16.1. The van der Waals surface area contributed by atoms with E-state index in [4.69, 9.17) is 28.2 Å². The number of anilines is 2. The molecule has 0 aliphatic carbocycles. The van der Waals surface area contributed by atoms with Crippen molar-refractivity contribution in [3.63, 3.8) is 0 Å². The summed E-state index contributed by atoms with van der Waals surface area (Å²) in [6.45, 7) is 0.0608. The summed E-state index contributed by atoms with van der Waals surface area (Å²) in [6.07, 6.45) is 0.507. The molecule has 0 saturated heterocycles. The Labute approximate surface area is 100 Å². The van der Waals surface area contributed by atoms with Crippen molar-refractivity contribution < 1.29 is 5.11 Å². The summed E-state index contributed by atoms with van der Waals surface area (Å²) >= 11 is 5.72. The highest BCUT2D eigenvalue weighted by molar-refractivity contribution is 6.33. The fraction of sp³-hybridized carbons (Fsp3) is 0.250. The highest BCUT2D eigenvalue weighted by Crippen LogP contribution is 2.25. The van der Waals surface area contributed by atoms with Gasteiger partial charge in [0.15, 0.2) is 0 Å². The zero-order chi connectivity index (χ0) is 9.14. The topological polar surface area (TPSA) is 72.3 Å². The van der Waals surface area contributed by atoms with Crippen LogP contribution in [0.15, 0.2) is 12.1 Å². The molecule has 0 aliphatic heterocycles. The fourth-order valence-corrected chi connectivity index (χ4v) is 1.16. The molecule has 1 rings (SSSR count). The Hall–Kier alpha value is -0.350. The van der Waals surface area contributed by atoms with E-state index in [9.17, 15) is 0 Å². The summed E-state index contributed by atoms with van der Waals surface area (Å²) in [5.41, 5.74) is 13.1. The zero-order valence-corrected chi connectivity index (χ0v) is 9.75. The summed E-state index contributed by atoms with van der Waals surface area (Å²) in [4.78, 5) is 0. The van der Waals surface area contributed by atoms with E-state index in [1.54, 1.807) is 12.1 Å². The van der Waals surface area contributed by atoms with Crippen LogP contribution in [-0.2, 0) is 6.42 Å². The molecule has 3 nitrogen and oxygen atoms in total. The average Bonchev–Trinajstić information content (AvgIpc) is 2.01. The number of rotatable bonds is 2. The lowest BCUT2D eigenvalue weighted by Crippen LogP contribution is -1.99. The third kappa shape index (κ3) is 3.80. The van der Waals surface area contributed by atoms with E-state index in [0.29, 0.717) is 22.8 Å². The molecule has 0 radical (unpaired) electrons. The highest BCUT2D eigenvalue weighted by atomic mass is 35.5. The summed E-state index contributed by atoms with van der Waals surface area (Å²) in [7, 11) is 0. The Kier molecular flexibility index (Phi) is 8.06. The number of nitrogen functional groups attached to an aromatic ring is 2. The summed E-state index contributed by atoms with van der Waals surface area (Å²) in [5, 5.41) is 9.13. The van der Waals surface area contributed by atoms with Crippen molar-refractivity contribution in [2.75, 3.05) is 18.1 Å². The van der Waals surface area contributed by atoms with Gasteiger partial charge >= 0.3 is 0 Å². The Morgan fingerprint density at radius 2 is 1.71 bits per heavy atom. The Balaban J connectivity index is 0. The molecule has 82 valence electrons. The molecule has 6 heteroatoms. The minimum Gasteiger partial charge on any atom is -0.398 e. The molecule has 0 aliphatic rings. The van der Waals surface area contributed by atoms with Crippen LogP contribution in [0.4, 0.5) is 11.4 Å². The SMILES string of the molecule is Cl.Cl.Nc1cc(CCO)c(N)cc1Cl. The summed E-state index contributed by atoms with van der Waals surface area (Å²) in [6, 6.07) is 3.29. The standard InChI is InChI=1S/C8H11ClN2O.2ClH/c9-6-4-7(10)5(1-2-12)3-8(6)11;;/h3-4,12H,1-2,10-11H2;2*1H. The number of aliphatic hydroxyl groups excluding tert-OH is 1. The van der Waals surface area contributed by atoms with E-state index in [1.165, 1.54) is 0 Å². The van der Waals surface area contributed by atoms with Gasteiger partial charge in [-0.3, -0.25) is 0 Å². The highest BCUT2D eigenvalue weighted by Gasteiger charge is 2.02. The van der Waals surface area contributed by atoms with Crippen molar-refractivity contribution in [2.24, 2.45) is 0 Å². The maximum Gasteiger partial charge on any atom is 0.0656 e. The second-order valence-electron chi connectivity index (χ2n) is 2.55. The molecule has 0 spiro atoms. The lowest BCUT2D eigenvalue weighted by Gasteiger charge is -2.06. The van der Waals surface area contributed by atoms with Gasteiger partial charge in [-0.2, -0.15) is 0 Å². The van der Waals surface area contributed by atoms with Gasteiger partial charge in [0.05, 0.1) is 10.7 Å².